The smallest absolute Gasteiger partial charge is 0.315 e. The molecule has 116 valence electrons. The summed E-state index contributed by atoms with van der Waals surface area (Å²) in [5.41, 5.74) is 0.802. The number of benzene rings is 1. The second-order valence-electron chi connectivity index (χ2n) is 5.85. The van der Waals surface area contributed by atoms with Crippen LogP contribution in [0.2, 0.25) is 0 Å². The third-order valence-electron chi connectivity index (χ3n) is 4.55. The lowest BCUT2D eigenvalue weighted by Crippen LogP contribution is -2.31. The molecule has 0 aromatic heterocycles. The van der Waals surface area contributed by atoms with E-state index in [0.717, 1.165) is 18.4 Å². The summed E-state index contributed by atoms with van der Waals surface area (Å²) in [6, 6.07) is 10.4. The largest absolute Gasteiger partial charge is 0.465 e. The summed E-state index contributed by atoms with van der Waals surface area (Å²) >= 11 is 0. The van der Waals surface area contributed by atoms with Crippen molar-refractivity contribution in [3.8, 4) is 0 Å². The maximum Gasteiger partial charge on any atom is 0.315 e. The number of carbonyl (C=O) groups excluding carboxylic acids is 1. The van der Waals surface area contributed by atoms with E-state index >= 15 is 0 Å². The van der Waals surface area contributed by atoms with Gasteiger partial charge in [0, 0.05) is 12.1 Å². The lowest BCUT2D eigenvalue weighted by molar-refractivity contribution is -0.146. The van der Waals surface area contributed by atoms with Gasteiger partial charge in [-0.1, -0.05) is 30.3 Å². The monoisotopic (exact) mass is 291 g/mol. The van der Waals surface area contributed by atoms with Gasteiger partial charge in [0.2, 0.25) is 0 Å². The molecule has 0 aliphatic carbocycles. The van der Waals surface area contributed by atoms with Crippen LogP contribution in [0, 0.1) is 0 Å². The van der Waals surface area contributed by atoms with Gasteiger partial charge in [0.05, 0.1) is 13.2 Å². The number of esters is 1. The molecule has 0 bridgehead atoms. The fourth-order valence-corrected chi connectivity index (χ4v) is 2.95. The number of aliphatic hydroxyl groups is 1. The third kappa shape index (κ3) is 4.05. The summed E-state index contributed by atoms with van der Waals surface area (Å²) in [5.74, 6) is -0.913. The summed E-state index contributed by atoms with van der Waals surface area (Å²) in [6.07, 6.45) is 3.23. The van der Waals surface area contributed by atoms with Crippen LogP contribution < -0.4 is 0 Å². The number of ether oxygens (including phenoxy) is 1. The fraction of sp³-hybridized carbons (Fsp3) is 0.588. The fourth-order valence-electron chi connectivity index (χ4n) is 2.95. The lowest BCUT2D eigenvalue weighted by atomic mass is 10.0. The first-order valence-corrected chi connectivity index (χ1v) is 7.68. The van der Waals surface area contributed by atoms with Gasteiger partial charge in [0.15, 0.2) is 0 Å². The molecule has 3 atom stereocenters. The van der Waals surface area contributed by atoms with Crippen LogP contribution in [-0.2, 0) is 9.53 Å². The molecule has 21 heavy (non-hydrogen) atoms. The molecule has 0 amide bonds. The quantitative estimate of drug-likeness (QED) is 0.816. The maximum atomic E-state index is 12.1. The first kappa shape index (κ1) is 16.0. The van der Waals surface area contributed by atoms with E-state index in [1.807, 2.05) is 30.3 Å². The summed E-state index contributed by atoms with van der Waals surface area (Å²) in [5, 5.41) is 9.43. The molecule has 1 saturated heterocycles. The van der Waals surface area contributed by atoms with Crippen LogP contribution in [-0.4, -0.2) is 48.3 Å². The molecular weight excluding hydrogens is 266 g/mol. The van der Waals surface area contributed by atoms with E-state index in [1.54, 1.807) is 0 Å². The summed E-state index contributed by atoms with van der Waals surface area (Å²) in [6.45, 7) is 2.43. The topological polar surface area (TPSA) is 49.8 Å². The minimum atomic E-state index is -0.577. The first-order valence-electron chi connectivity index (χ1n) is 7.68. The molecule has 1 aliphatic rings. The highest BCUT2D eigenvalue weighted by atomic mass is 16.5. The van der Waals surface area contributed by atoms with Crippen molar-refractivity contribution in [1.29, 1.82) is 0 Å². The predicted molar refractivity (Wildman–Crippen MR) is 82.1 cm³/mol. The molecule has 2 rings (SSSR count). The minimum absolute atomic E-state index is 0.219. The zero-order valence-corrected chi connectivity index (χ0v) is 12.9. The van der Waals surface area contributed by atoms with Crippen LogP contribution >= 0.6 is 0 Å². The summed E-state index contributed by atoms with van der Waals surface area (Å²) < 4.78 is 5.37. The van der Waals surface area contributed by atoms with Crippen LogP contribution in [0.1, 0.15) is 37.7 Å². The Kier molecular flexibility index (Phi) is 5.76. The molecule has 4 nitrogen and oxygen atoms in total. The number of hydrogen-bond donors (Lipinski definition) is 1. The van der Waals surface area contributed by atoms with E-state index in [4.69, 9.17) is 4.74 Å². The molecule has 1 aliphatic heterocycles. The van der Waals surface area contributed by atoms with E-state index in [0.29, 0.717) is 18.7 Å². The Morgan fingerprint density at radius 3 is 2.67 bits per heavy atom. The van der Waals surface area contributed by atoms with Gasteiger partial charge in [-0.15, -0.1) is 0 Å². The SMILES string of the molecule is CC1CCC(CCOC(=O)C(CO)c2ccccc2)N1C. The zero-order valence-electron chi connectivity index (χ0n) is 12.9. The van der Waals surface area contributed by atoms with Crippen molar-refractivity contribution in [3.63, 3.8) is 0 Å². The Morgan fingerprint density at radius 1 is 1.38 bits per heavy atom. The van der Waals surface area contributed by atoms with Crippen LogP contribution in [0.15, 0.2) is 30.3 Å². The molecular formula is C17H25NO3. The average Bonchev–Trinajstić information content (AvgIpc) is 2.81. The maximum absolute atomic E-state index is 12.1. The highest BCUT2D eigenvalue weighted by Gasteiger charge is 2.27. The van der Waals surface area contributed by atoms with Crippen molar-refractivity contribution in [2.45, 2.75) is 44.2 Å². The van der Waals surface area contributed by atoms with Crippen molar-refractivity contribution in [2.24, 2.45) is 0 Å². The van der Waals surface area contributed by atoms with Gasteiger partial charge in [0.25, 0.3) is 0 Å². The Bertz CT molecular complexity index is 449. The Morgan fingerprint density at radius 2 is 2.10 bits per heavy atom. The van der Waals surface area contributed by atoms with E-state index in [-0.39, 0.29) is 12.6 Å². The Labute approximate surface area is 126 Å². The molecule has 1 aromatic rings. The first-order chi connectivity index (χ1) is 10.1. The zero-order chi connectivity index (χ0) is 15.2. The number of rotatable bonds is 6. The highest BCUT2D eigenvalue weighted by molar-refractivity contribution is 5.78. The average molecular weight is 291 g/mol. The number of aliphatic hydroxyl groups excluding tert-OH is 1. The number of hydrogen-bond acceptors (Lipinski definition) is 4. The number of likely N-dealkylation sites (tertiary alicyclic amines) is 1. The molecule has 0 radical (unpaired) electrons. The second kappa shape index (κ2) is 7.57. The van der Waals surface area contributed by atoms with Gasteiger partial charge in [0.1, 0.15) is 5.92 Å². The molecule has 1 aromatic carbocycles. The Balaban J connectivity index is 1.81. The van der Waals surface area contributed by atoms with Gasteiger partial charge in [-0.05, 0) is 38.8 Å². The standard InChI is InChI=1S/C17H25NO3/c1-13-8-9-15(18(13)2)10-11-21-17(20)16(12-19)14-6-4-3-5-7-14/h3-7,13,15-16,19H,8-12H2,1-2H3. The van der Waals surface area contributed by atoms with Gasteiger partial charge in [-0.25, -0.2) is 0 Å². The Hall–Kier alpha value is -1.39. The van der Waals surface area contributed by atoms with Crippen molar-refractivity contribution < 1.29 is 14.6 Å². The third-order valence-corrected chi connectivity index (χ3v) is 4.55. The molecule has 0 spiro atoms. The lowest BCUT2D eigenvalue weighted by Gasteiger charge is -2.23. The van der Waals surface area contributed by atoms with Crippen molar-refractivity contribution in [1.82, 2.24) is 4.90 Å². The molecule has 0 saturated carbocycles. The van der Waals surface area contributed by atoms with Gasteiger partial charge in [-0.2, -0.15) is 0 Å². The van der Waals surface area contributed by atoms with Gasteiger partial charge in [-0.3, -0.25) is 4.79 Å². The van der Waals surface area contributed by atoms with E-state index in [2.05, 4.69) is 18.9 Å². The minimum Gasteiger partial charge on any atom is -0.465 e. The van der Waals surface area contributed by atoms with Crippen LogP contribution in [0.5, 0.6) is 0 Å². The van der Waals surface area contributed by atoms with Crippen LogP contribution in [0.25, 0.3) is 0 Å². The normalized spacial score (nSPS) is 24.0. The van der Waals surface area contributed by atoms with Gasteiger partial charge < -0.3 is 14.7 Å². The molecule has 4 heteroatoms. The van der Waals surface area contributed by atoms with Crippen molar-refractivity contribution in [3.05, 3.63) is 35.9 Å². The van der Waals surface area contributed by atoms with Crippen LogP contribution in [0.4, 0.5) is 0 Å². The van der Waals surface area contributed by atoms with Crippen LogP contribution in [0.3, 0.4) is 0 Å². The summed E-state index contributed by atoms with van der Waals surface area (Å²) in [4.78, 5) is 14.5. The number of nitrogens with zero attached hydrogens (tertiary/aromatic N) is 1. The van der Waals surface area contributed by atoms with E-state index in [1.165, 1.54) is 6.42 Å². The molecule has 1 fully saturated rings. The highest BCUT2D eigenvalue weighted by Crippen LogP contribution is 2.24. The van der Waals surface area contributed by atoms with E-state index < -0.39 is 5.92 Å². The second-order valence-corrected chi connectivity index (χ2v) is 5.85. The molecule has 1 N–H and O–H groups in total. The summed E-state index contributed by atoms with van der Waals surface area (Å²) in [7, 11) is 2.13. The van der Waals surface area contributed by atoms with Gasteiger partial charge >= 0.3 is 5.97 Å². The predicted octanol–water partition coefficient (Wildman–Crippen LogP) is 2.18. The van der Waals surface area contributed by atoms with Crippen molar-refractivity contribution in [2.75, 3.05) is 20.3 Å². The number of carbonyl (C=O) groups is 1. The van der Waals surface area contributed by atoms with Crippen molar-refractivity contribution >= 4 is 5.97 Å². The molecule has 3 unspecified atom stereocenters. The molecule has 1 heterocycles. The van der Waals surface area contributed by atoms with E-state index in [9.17, 15) is 9.90 Å².